The Labute approximate surface area is 122 Å². The molecule has 0 aliphatic heterocycles. The lowest BCUT2D eigenvalue weighted by Crippen LogP contribution is -2.36. The summed E-state index contributed by atoms with van der Waals surface area (Å²) in [4.78, 5) is 23.9. The minimum absolute atomic E-state index is 0.0468. The molecule has 4 heteroatoms. The molecule has 3 rings (SSSR count). The van der Waals surface area contributed by atoms with Crippen LogP contribution < -0.4 is 10.6 Å². The van der Waals surface area contributed by atoms with Crippen LogP contribution in [-0.4, -0.2) is 21.6 Å². The second kappa shape index (κ2) is 5.25. The fourth-order valence-corrected chi connectivity index (χ4v) is 3.30. The molecule has 108 valence electrons. The number of rotatable bonds is 3. The Morgan fingerprint density at radius 1 is 1.38 bits per heavy atom. The summed E-state index contributed by atoms with van der Waals surface area (Å²) < 4.78 is 1.65. The van der Waals surface area contributed by atoms with Crippen molar-refractivity contribution in [2.24, 2.45) is 5.92 Å². The summed E-state index contributed by atoms with van der Waals surface area (Å²) in [5.74, 6) is -0.772. The lowest BCUT2D eigenvalue weighted by Gasteiger charge is -2.11. The predicted octanol–water partition coefficient (Wildman–Crippen LogP) is 1.14. The van der Waals surface area contributed by atoms with E-state index in [2.05, 4.69) is 11.5 Å². The van der Waals surface area contributed by atoms with E-state index in [0.29, 0.717) is 10.9 Å². The number of nitrogens with zero attached hydrogens (tertiary/aromatic N) is 1. The molecule has 0 unspecified atom stereocenters. The van der Waals surface area contributed by atoms with Gasteiger partial charge in [0.25, 0.3) is 0 Å². The molecule has 4 nitrogen and oxygen atoms in total. The normalized spacial score (nSPS) is 16.4. The number of carboxylic acids is 1. The average Bonchev–Trinajstić information content (AvgIpc) is 3.06. The Bertz CT molecular complexity index is 809. The van der Waals surface area contributed by atoms with Gasteiger partial charge in [0, 0.05) is 16.8 Å². The van der Waals surface area contributed by atoms with Crippen molar-refractivity contribution >= 4 is 23.7 Å². The molecule has 0 radical (unpaired) electrons. The van der Waals surface area contributed by atoms with Crippen LogP contribution in [0.15, 0.2) is 11.8 Å². The molecule has 0 spiro atoms. The highest BCUT2D eigenvalue weighted by atomic mass is 16.4. The van der Waals surface area contributed by atoms with E-state index in [-0.39, 0.29) is 18.2 Å². The SMILES string of the molecule is Cc1c(CC(=O)O)c2c(n1C(=O)C1CCCC1)=C=C=CC=2. The van der Waals surface area contributed by atoms with Crippen LogP contribution in [0.1, 0.15) is 41.7 Å². The maximum Gasteiger partial charge on any atom is 0.307 e. The van der Waals surface area contributed by atoms with Gasteiger partial charge in [0.05, 0.1) is 6.42 Å². The van der Waals surface area contributed by atoms with Crippen molar-refractivity contribution in [3.63, 3.8) is 0 Å². The van der Waals surface area contributed by atoms with E-state index >= 15 is 0 Å². The van der Waals surface area contributed by atoms with Crippen molar-refractivity contribution in [3.8, 4) is 0 Å². The molecule has 1 saturated carbocycles. The molecule has 1 N–H and O–H groups in total. The number of fused-ring (bicyclic) bond motifs is 1. The van der Waals surface area contributed by atoms with Crippen molar-refractivity contribution in [3.05, 3.63) is 33.6 Å². The monoisotopic (exact) mass is 283 g/mol. The van der Waals surface area contributed by atoms with Crippen LogP contribution in [0.25, 0.3) is 11.8 Å². The fraction of sp³-hybridized carbons (Fsp3) is 0.412. The summed E-state index contributed by atoms with van der Waals surface area (Å²) in [6, 6.07) is 0. The highest BCUT2D eigenvalue weighted by Gasteiger charge is 2.27. The Balaban J connectivity index is 2.20. The maximum absolute atomic E-state index is 12.8. The summed E-state index contributed by atoms with van der Waals surface area (Å²) in [5.41, 5.74) is 7.28. The second-order valence-electron chi connectivity index (χ2n) is 5.65. The summed E-state index contributed by atoms with van der Waals surface area (Å²) >= 11 is 0. The van der Waals surface area contributed by atoms with Gasteiger partial charge in [0.2, 0.25) is 5.91 Å². The van der Waals surface area contributed by atoms with E-state index in [1.807, 2.05) is 13.0 Å². The van der Waals surface area contributed by atoms with Crippen molar-refractivity contribution < 1.29 is 14.7 Å². The van der Waals surface area contributed by atoms with Crippen molar-refractivity contribution in [1.82, 2.24) is 4.57 Å². The van der Waals surface area contributed by atoms with Crippen LogP contribution in [0.4, 0.5) is 0 Å². The minimum atomic E-state index is -0.890. The molecule has 0 bridgehead atoms. The zero-order valence-electron chi connectivity index (χ0n) is 12.0. The van der Waals surface area contributed by atoms with E-state index in [0.717, 1.165) is 36.6 Å². The molecule has 2 aliphatic carbocycles. The van der Waals surface area contributed by atoms with Crippen LogP contribution in [0.2, 0.25) is 0 Å². The highest BCUT2D eigenvalue weighted by Crippen LogP contribution is 2.26. The zero-order chi connectivity index (χ0) is 15.0. The smallest absolute Gasteiger partial charge is 0.307 e. The molecule has 1 heterocycles. The molecule has 1 fully saturated rings. The molecule has 0 amide bonds. The van der Waals surface area contributed by atoms with E-state index in [1.54, 1.807) is 10.6 Å². The maximum atomic E-state index is 12.8. The lowest BCUT2D eigenvalue weighted by molar-refractivity contribution is -0.136. The third-order valence-corrected chi connectivity index (χ3v) is 4.35. The Morgan fingerprint density at radius 3 is 2.76 bits per heavy atom. The minimum Gasteiger partial charge on any atom is -0.481 e. The van der Waals surface area contributed by atoms with Gasteiger partial charge in [0.1, 0.15) is 5.35 Å². The Morgan fingerprint density at radius 2 is 2.10 bits per heavy atom. The summed E-state index contributed by atoms with van der Waals surface area (Å²) in [5, 5.41) is 10.5. The number of carbonyl (C=O) groups excluding carboxylic acids is 1. The van der Waals surface area contributed by atoms with Crippen molar-refractivity contribution in [2.45, 2.75) is 39.0 Å². The molecule has 1 aromatic rings. The van der Waals surface area contributed by atoms with Crippen LogP contribution in [0.5, 0.6) is 0 Å². The molecule has 1 aromatic heterocycles. The van der Waals surface area contributed by atoms with Crippen molar-refractivity contribution in [2.75, 3.05) is 0 Å². The number of hydrogen-bond acceptors (Lipinski definition) is 2. The number of aliphatic carboxylic acids is 1. The van der Waals surface area contributed by atoms with Crippen LogP contribution in [-0.2, 0) is 11.2 Å². The number of allylic oxidation sites excluding steroid dienone is 1. The van der Waals surface area contributed by atoms with Crippen LogP contribution >= 0.6 is 0 Å². The quantitative estimate of drug-likeness (QED) is 0.846. The average molecular weight is 283 g/mol. The molecule has 0 aromatic carbocycles. The summed E-state index contributed by atoms with van der Waals surface area (Å²) in [6.45, 7) is 1.82. The van der Waals surface area contributed by atoms with E-state index in [9.17, 15) is 9.59 Å². The third kappa shape index (κ3) is 2.29. The van der Waals surface area contributed by atoms with Crippen LogP contribution in [0.3, 0.4) is 0 Å². The molecule has 0 atom stereocenters. The molecular formula is C17H17NO3. The van der Waals surface area contributed by atoms with E-state index < -0.39 is 5.97 Å². The molecule has 2 aliphatic rings. The number of hydrogen-bond donors (Lipinski definition) is 1. The first kappa shape index (κ1) is 13.7. The number of carboxylic acid groups (broad SMARTS) is 1. The van der Waals surface area contributed by atoms with E-state index in [1.165, 1.54) is 0 Å². The van der Waals surface area contributed by atoms with E-state index in [4.69, 9.17) is 5.11 Å². The van der Waals surface area contributed by atoms with Gasteiger partial charge in [-0.3, -0.25) is 14.2 Å². The van der Waals surface area contributed by atoms with Gasteiger partial charge in [-0.1, -0.05) is 18.6 Å². The topological polar surface area (TPSA) is 59.3 Å². The van der Waals surface area contributed by atoms with Gasteiger partial charge in [-0.05, 0) is 43.2 Å². The first-order valence-electron chi connectivity index (χ1n) is 7.28. The summed E-state index contributed by atoms with van der Waals surface area (Å²) in [7, 11) is 0. The Kier molecular flexibility index (Phi) is 3.42. The highest BCUT2D eigenvalue weighted by molar-refractivity contribution is 5.84. The summed E-state index contributed by atoms with van der Waals surface area (Å²) in [6.07, 6.45) is 7.46. The largest absolute Gasteiger partial charge is 0.481 e. The fourth-order valence-electron chi connectivity index (χ4n) is 3.30. The molecule has 21 heavy (non-hydrogen) atoms. The van der Waals surface area contributed by atoms with Gasteiger partial charge in [-0.15, -0.1) is 0 Å². The number of aromatic nitrogens is 1. The van der Waals surface area contributed by atoms with Gasteiger partial charge in [0.15, 0.2) is 0 Å². The van der Waals surface area contributed by atoms with Crippen LogP contribution in [0, 0.1) is 12.8 Å². The van der Waals surface area contributed by atoms with Gasteiger partial charge in [-0.25, -0.2) is 0 Å². The Hall–Kier alpha value is -2.28. The second-order valence-corrected chi connectivity index (χ2v) is 5.65. The van der Waals surface area contributed by atoms with Gasteiger partial charge < -0.3 is 5.11 Å². The van der Waals surface area contributed by atoms with Gasteiger partial charge >= 0.3 is 5.97 Å². The lowest BCUT2D eigenvalue weighted by atomic mass is 10.1. The molecular weight excluding hydrogens is 266 g/mol. The number of carbonyl (C=O) groups is 2. The standard InChI is InChI=1S/C17H17NO3/c1-11-14(10-16(19)20)13-8-4-5-9-15(13)18(11)17(21)12-6-2-3-7-12/h4,8,12H,2-3,6-7,10H2,1H3,(H,19,20). The van der Waals surface area contributed by atoms with Crippen molar-refractivity contribution in [1.29, 1.82) is 0 Å². The first-order valence-corrected chi connectivity index (χ1v) is 7.28. The van der Waals surface area contributed by atoms with Gasteiger partial charge in [-0.2, -0.15) is 0 Å². The zero-order valence-corrected chi connectivity index (χ0v) is 12.0. The third-order valence-electron chi connectivity index (χ3n) is 4.35. The molecule has 0 saturated heterocycles. The predicted molar refractivity (Wildman–Crippen MR) is 78.3 cm³/mol. The first-order chi connectivity index (χ1) is 10.1.